The number of benzene rings is 1. The Balaban J connectivity index is 2.87. The summed E-state index contributed by atoms with van der Waals surface area (Å²) in [7, 11) is 1.51. The topological polar surface area (TPSA) is 64.3 Å². The van der Waals surface area contributed by atoms with E-state index in [0.29, 0.717) is 27.7 Å². The molecule has 0 fully saturated rings. The van der Waals surface area contributed by atoms with Gasteiger partial charge >= 0.3 is 0 Å². The van der Waals surface area contributed by atoms with Gasteiger partial charge in [-0.3, -0.25) is 4.79 Å². The molecule has 0 saturated heterocycles. The van der Waals surface area contributed by atoms with Crippen molar-refractivity contribution in [3.63, 3.8) is 0 Å². The molecule has 4 nitrogen and oxygen atoms in total. The second-order valence-electron chi connectivity index (χ2n) is 4.09. The number of nitrogens with one attached hydrogen (secondary N) is 1. The third kappa shape index (κ3) is 4.69. The third-order valence-electron chi connectivity index (χ3n) is 2.68. The van der Waals surface area contributed by atoms with Gasteiger partial charge in [-0.1, -0.05) is 30.7 Å². The fraction of sp³-hybridized carbons (Fsp3) is 0.385. The highest BCUT2D eigenvalue weighted by atomic mass is 35.5. The Hall–Kier alpha value is -1.33. The predicted octanol–water partition coefficient (Wildman–Crippen LogP) is 2.53. The molecule has 1 aromatic carbocycles. The minimum Gasteiger partial charge on any atom is -0.496 e. The van der Waals surface area contributed by atoms with Crippen molar-refractivity contribution in [2.45, 2.75) is 25.8 Å². The van der Waals surface area contributed by atoms with Crippen LogP contribution < -0.4 is 15.8 Å². The monoisotopic (exact) mass is 300 g/mol. The van der Waals surface area contributed by atoms with Gasteiger partial charge in [0, 0.05) is 17.5 Å². The van der Waals surface area contributed by atoms with Crippen LogP contribution in [0.4, 0.5) is 0 Å². The summed E-state index contributed by atoms with van der Waals surface area (Å²) >= 11 is 10.8. The SMILES string of the molecule is CCC(CC(N)=S)NC(=O)c1cc(Cl)ccc1OC. The van der Waals surface area contributed by atoms with Gasteiger partial charge in [0.1, 0.15) is 5.75 Å². The number of ether oxygens (including phenoxy) is 1. The van der Waals surface area contributed by atoms with Gasteiger partial charge in [-0.25, -0.2) is 0 Å². The lowest BCUT2D eigenvalue weighted by atomic mass is 10.1. The molecule has 6 heteroatoms. The molecular formula is C13H17ClN2O2S. The largest absolute Gasteiger partial charge is 0.496 e. The predicted molar refractivity (Wildman–Crippen MR) is 81.0 cm³/mol. The first-order valence-corrected chi connectivity index (χ1v) is 6.69. The van der Waals surface area contributed by atoms with E-state index in [0.717, 1.165) is 6.42 Å². The number of carbonyl (C=O) groups excluding carboxylic acids is 1. The van der Waals surface area contributed by atoms with Gasteiger partial charge in [-0.2, -0.15) is 0 Å². The maximum absolute atomic E-state index is 12.2. The molecule has 1 unspecified atom stereocenters. The number of rotatable bonds is 6. The van der Waals surface area contributed by atoms with Crippen molar-refractivity contribution >= 4 is 34.7 Å². The Kier molecular flexibility index (Phi) is 6.05. The van der Waals surface area contributed by atoms with E-state index in [2.05, 4.69) is 5.32 Å². The number of nitrogens with two attached hydrogens (primary N) is 1. The molecule has 0 aliphatic carbocycles. The van der Waals surface area contributed by atoms with Crippen molar-refractivity contribution in [2.75, 3.05) is 7.11 Å². The van der Waals surface area contributed by atoms with Crippen LogP contribution in [0.15, 0.2) is 18.2 Å². The molecule has 0 aromatic heterocycles. The highest BCUT2D eigenvalue weighted by Crippen LogP contribution is 2.22. The van der Waals surface area contributed by atoms with E-state index in [9.17, 15) is 4.79 Å². The highest BCUT2D eigenvalue weighted by Gasteiger charge is 2.17. The average Bonchev–Trinajstić information content (AvgIpc) is 2.37. The zero-order chi connectivity index (χ0) is 14.4. The van der Waals surface area contributed by atoms with E-state index in [4.69, 9.17) is 34.3 Å². The van der Waals surface area contributed by atoms with Gasteiger partial charge in [-0.05, 0) is 24.6 Å². The van der Waals surface area contributed by atoms with E-state index < -0.39 is 0 Å². The number of amides is 1. The van der Waals surface area contributed by atoms with Gasteiger partial charge in [0.15, 0.2) is 0 Å². The highest BCUT2D eigenvalue weighted by molar-refractivity contribution is 7.80. The molecule has 0 radical (unpaired) electrons. The summed E-state index contributed by atoms with van der Waals surface area (Å²) in [4.78, 5) is 12.6. The standard InChI is InChI=1S/C13H17ClN2O2S/c1-3-9(7-12(15)19)16-13(17)10-6-8(14)4-5-11(10)18-2/h4-6,9H,3,7H2,1-2H3,(H2,15,19)(H,16,17). The van der Waals surface area contributed by atoms with E-state index in [1.807, 2.05) is 6.92 Å². The van der Waals surface area contributed by atoms with Gasteiger partial charge < -0.3 is 15.8 Å². The molecule has 3 N–H and O–H groups in total. The molecule has 0 heterocycles. The second kappa shape index (κ2) is 7.31. The molecule has 104 valence electrons. The van der Waals surface area contributed by atoms with Crippen molar-refractivity contribution in [3.8, 4) is 5.75 Å². The molecule has 19 heavy (non-hydrogen) atoms. The Labute approximate surface area is 123 Å². The first-order chi connectivity index (χ1) is 8.97. The quantitative estimate of drug-likeness (QED) is 0.793. The molecule has 0 aliphatic heterocycles. The minimum absolute atomic E-state index is 0.0892. The fourth-order valence-electron chi connectivity index (χ4n) is 1.66. The van der Waals surface area contributed by atoms with E-state index in [1.165, 1.54) is 7.11 Å². The first-order valence-electron chi connectivity index (χ1n) is 5.90. The number of thiocarbonyl (C=S) groups is 1. The van der Waals surface area contributed by atoms with Crippen molar-refractivity contribution in [1.29, 1.82) is 0 Å². The van der Waals surface area contributed by atoms with E-state index in [-0.39, 0.29) is 11.9 Å². The molecule has 1 atom stereocenters. The molecule has 1 rings (SSSR count). The lowest BCUT2D eigenvalue weighted by Gasteiger charge is -2.17. The third-order valence-corrected chi connectivity index (χ3v) is 3.08. The van der Waals surface area contributed by atoms with Gasteiger partial charge in [-0.15, -0.1) is 0 Å². The van der Waals surface area contributed by atoms with Crippen LogP contribution in [0.1, 0.15) is 30.1 Å². The maximum atomic E-state index is 12.2. The van der Waals surface area contributed by atoms with Crippen molar-refractivity contribution < 1.29 is 9.53 Å². The number of carbonyl (C=O) groups is 1. The van der Waals surface area contributed by atoms with Crippen molar-refractivity contribution in [3.05, 3.63) is 28.8 Å². The van der Waals surface area contributed by atoms with Crippen LogP contribution in [0.25, 0.3) is 0 Å². The van der Waals surface area contributed by atoms with Crippen LogP contribution in [-0.2, 0) is 0 Å². The number of hydrogen-bond donors (Lipinski definition) is 2. The van der Waals surface area contributed by atoms with E-state index in [1.54, 1.807) is 18.2 Å². The van der Waals surface area contributed by atoms with Crippen LogP contribution in [0, 0.1) is 0 Å². The summed E-state index contributed by atoms with van der Waals surface area (Å²) in [5.41, 5.74) is 5.90. The number of hydrogen-bond acceptors (Lipinski definition) is 3. The molecule has 0 bridgehead atoms. The zero-order valence-electron chi connectivity index (χ0n) is 10.9. The Morgan fingerprint density at radius 3 is 2.79 bits per heavy atom. The zero-order valence-corrected chi connectivity index (χ0v) is 12.5. The number of halogens is 1. The summed E-state index contributed by atoms with van der Waals surface area (Å²) in [5.74, 6) is 0.231. The van der Waals surface area contributed by atoms with E-state index >= 15 is 0 Å². The Bertz CT molecular complexity index is 480. The van der Waals surface area contributed by atoms with Gasteiger partial charge in [0.25, 0.3) is 5.91 Å². The summed E-state index contributed by atoms with van der Waals surface area (Å²) in [6.45, 7) is 1.96. The average molecular weight is 301 g/mol. The summed E-state index contributed by atoms with van der Waals surface area (Å²) in [5, 5.41) is 3.35. The number of methoxy groups -OCH3 is 1. The smallest absolute Gasteiger partial charge is 0.255 e. The van der Waals surface area contributed by atoms with Gasteiger partial charge in [0.2, 0.25) is 0 Å². The lowest BCUT2D eigenvalue weighted by molar-refractivity contribution is 0.0934. The molecule has 1 aromatic rings. The van der Waals surface area contributed by atoms with Crippen LogP contribution in [0.3, 0.4) is 0 Å². The minimum atomic E-state index is -0.248. The summed E-state index contributed by atoms with van der Waals surface area (Å²) in [6, 6.07) is 4.81. The fourth-order valence-corrected chi connectivity index (χ4v) is 2.03. The van der Waals surface area contributed by atoms with Crippen molar-refractivity contribution in [1.82, 2.24) is 5.32 Å². The Morgan fingerprint density at radius 1 is 1.58 bits per heavy atom. The molecule has 0 saturated carbocycles. The lowest BCUT2D eigenvalue weighted by Crippen LogP contribution is -2.37. The van der Waals surface area contributed by atoms with Crippen LogP contribution in [-0.4, -0.2) is 24.0 Å². The maximum Gasteiger partial charge on any atom is 0.255 e. The molecular weight excluding hydrogens is 284 g/mol. The van der Waals surface area contributed by atoms with Crippen molar-refractivity contribution in [2.24, 2.45) is 5.73 Å². The second-order valence-corrected chi connectivity index (χ2v) is 5.05. The summed E-state index contributed by atoms with van der Waals surface area (Å²) < 4.78 is 5.15. The van der Waals surface area contributed by atoms with Gasteiger partial charge in [0.05, 0.1) is 17.7 Å². The molecule has 1 amide bonds. The Morgan fingerprint density at radius 2 is 2.26 bits per heavy atom. The summed E-state index contributed by atoms with van der Waals surface area (Å²) in [6.07, 6.45) is 1.21. The molecule has 0 spiro atoms. The first kappa shape index (κ1) is 15.7. The van der Waals surface area contributed by atoms with Crippen LogP contribution in [0.5, 0.6) is 5.75 Å². The molecule has 0 aliphatic rings. The normalized spacial score (nSPS) is 11.7. The van der Waals surface area contributed by atoms with Crippen LogP contribution >= 0.6 is 23.8 Å². The van der Waals surface area contributed by atoms with Crippen LogP contribution in [0.2, 0.25) is 5.02 Å².